The molecule has 226 valence electrons. The van der Waals surface area contributed by atoms with Gasteiger partial charge in [-0.15, -0.1) is 11.3 Å². The molecule has 1 saturated heterocycles. The van der Waals surface area contributed by atoms with Gasteiger partial charge in [0.2, 0.25) is 5.91 Å². The van der Waals surface area contributed by atoms with Crippen LogP contribution in [0.15, 0.2) is 48.5 Å². The third kappa shape index (κ3) is 8.17. The average molecular weight is 597 g/mol. The van der Waals surface area contributed by atoms with Crippen molar-refractivity contribution in [2.45, 2.75) is 38.8 Å². The fourth-order valence-corrected chi connectivity index (χ4v) is 5.89. The first-order valence-corrected chi connectivity index (χ1v) is 14.8. The molecule has 0 bridgehead atoms. The van der Waals surface area contributed by atoms with Gasteiger partial charge in [0.25, 0.3) is 5.91 Å². The third-order valence-corrected chi connectivity index (χ3v) is 8.26. The molecule has 4 rings (SSSR count). The van der Waals surface area contributed by atoms with Crippen molar-refractivity contribution in [3.8, 4) is 23.0 Å². The average Bonchev–Trinajstić information content (AvgIpc) is 3.69. The van der Waals surface area contributed by atoms with Crippen LogP contribution in [0, 0.1) is 6.92 Å². The smallest absolute Gasteiger partial charge is 0.254 e. The van der Waals surface area contributed by atoms with Gasteiger partial charge in [0.15, 0.2) is 11.5 Å². The second-order valence-electron chi connectivity index (χ2n) is 10.2. The maximum atomic E-state index is 14.0. The van der Waals surface area contributed by atoms with Crippen LogP contribution in [0.2, 0.25) is 0 Å². The van der Waals surface area contributed by atoms with Gasteiger partial charge in [-0.2, -0.15) is 0 Å². The zero-order valence-electron chi connectivity index (χ0n) is 25.0. The Balaban J connectivity index is 1.57. The minimum absolute atomic E-state index is 0.0749. The Labute approximate surface area is 251 Å². The Morgan fingerprint density at radius 2 is 1.64 bits per heavy atom. The molecule has 1 aromatic heterocycles. The Hall–Kier alpha value is -3.76. The maximum Gasteiger partial charge on any atom is 0.254 e. The topological polar surface area (TPSA) is 86.8 Å². The SMILES string of the molecule is COc1cc(OC)cc(C(=O)N(CC(=O)N(CCc2ccc(OC)c(OC)c2)Cc2ccc(C)s2)CC2CCCO2)c1. The number of thiophene rings is 1. The van der Waals surface area contributed by atoms with Crippen molar-refractivity contribution in [1.29, 1.82) is 0 Å². The summed E-state index contributed by atoms with van der Waals surface area (Å²) in [5.41, 5.74) is 1.41. The number of carbonyl (C=O) groups is 2. The monoisotopic (exact) mass is 596 g/mol. The number of benzene rings is 2. The lowest BCUT2D eigenvalue weighted by Crippen LogP contribution is -2.45. The summed E-state index contributed by atoms with van der Waals surface area (Å²) in [6.07, 6.45) is 2.28. The number of ether oxygens (including phenoxy) is 5. The standard InChI is InChI=1S/C32H40N2O7S/c1-22-8-10-28(42-22)20-33(13-12-23-9-11-29(39-4)30(15-23)40-5)31(35)21-34(19-25-7-6-14-41-25)32(36)24-16-26(37-2)18-27(17-24)38-3/h8-11,15-18,25H,6-7,12-14,19-21H2,1-5H3. The van der Waals surface area contributed by atoms with E-state index in [4.69, 9.17) is 23.7 Å². The summed E-state index contributed by atoms with van der Waals surface area (Å²) < 4.78 is 27.5. The molecule has 2 heterocycles. The zero-order valence-corrected chi connectivity index (χ0v) is 25.8. The van der Waals surface area contributed by atoms with Crippen molar-refractivity contribution >= 4 is 23.2 Å². The molecule has 0 aliphatic carbocycles. The van der Waals surface area contributed by atoms with Crippen LogP contribution in [-0.4, -0.2) is 82.4 Å². The van der Waals surface area contributed by atoms with Gasteiger partial charge in [-0.05, 0) is 68.1 Å². The number of methoxy groups -OCH3 is 4. The van der Waals surface area contributed by atoms with E-state index in [9.17, 15) is 9.59 Å². The quantitative estimate of drug-likeness (QED) is 0.259. The largest absolute Gasteiger partial charge is 0.497 e. The fraction of sp³-hybridized carbons (Fsp3) is 0.438. The Kier molecular flexibility index (Phi) is 11.1. The van der Waals surface area contributed by atoms with Crippen molar-refractivity contribution in [2.75, 3.05) is 54.7 Å². The molecule has 1 aliphatic rings. The van der Waals surface area contributed by atoms with E-state index < -0.39 is 0 Å². The van der Waals surface area contributed by atoms with Crippen LogP contribution in [0.5, 0.6) is 23.0 Å². The normalized spacial score (nSPS) is 14.4. The van der Waals surface area contributed by atoms with Gasteiger partial charge in [-0.1, -0.05) is 6.07 Å². The molecule has 2 amide bonds. The minimum atomic E-state index is -0.275. The first kappa shape index (κ1) is 31.2. The summed E-state index contributed by atoms with van der Waals surface area (Å²) >= 11 is 1.66. The molecule has 0 radical (unpaired) electrons. The number of hydrogen-bond donors (Lipinski definition) is 0. The van der Waals surface area contributed by atoms with E-state index in [0.29, 0.717) is 61.2 Å². The van der Waals surface area contributed by atoms with Gasteiger partial charge in [-0.3, -0.25) is 9.59 Å². The summed E-state index contributed by atoms with van der Waals surface area (Å²) in [5, 5.41) is 0. The van der Waals surface area contributed by atoms with Crippen LogP contribution < -0.4 is 18.9 Å². The molecule has 0 saturated carbocycles. The van der Waals surface area contributed by atoms with E-state index in [0.717, 1.165) is 23.3 Å². The highest BCUT2D eigenvalue weighted by Crippen LogP contribution is 2.28. The van der Waals surface area contributed by atoms with Crippen LogP contribution in [0.25, 0.3) is 0 Å². The van der Waals surface area contributed by atoms with Crippen molar-refractivity contribution in [3.63, 3.8) is 0 Å². The summed E-state index contributed by atoms with van der Waals surface area (Å²) in [6.45, 7) is 3.89. The van der Waals surface area contributed by atoms with Gasteiger partial charge < -0.3 is 33.5 Å². The number of hydrogen-bond acceptors (Lipinski definition) is 8. The summed E-state index contributed by atoms with van der Waals surface area (Å²) in [4.78, 5) is 33.5. The van der Waals surface area contributed by atoms with Gasteiger partial charge in [0.1, 0.15) is 18.0 Å². The predicted molar refractivity (Wildman–Crippen MR) is 162 cm³/mol. The van der Waals surface area contributed by atoms with Gasteiger partial charge >= 0.3 is 0 Å². The van der Waals surface area contributed by atoms with Gasteiger partial charge in [-0.25, -0.2) is 0 Å². The molecule has 10 heteroatoms. The van der Waals surface area contributed by atoms with E-state index >= 15 is 0 Å². The number of nitrogens with zero attached hydrogens (tertiary/aromatic N) is 2. The maximum absolute atomic E-state index is 14.0. The number of rotatable bonds is 14. The van der Waals surface area contributed by atoms with E-state index in [2.05, 4.69) is 12.1 Å². The molecule has 1 atom stereocenters. The minimum Gasteiger partial charge on any atom is -0.497 e. The number of amides is 2. The lowest BCUT2D eigenvalue weighted by molar-refractivity contribution is -0.132. The number of carbonyl (C=O) groups excluding carboxylic acids is 2. The van der Waals surface area contributed by atoms with Crippen LogP contribution >= 0.6 is 11.3 Å². The molecule has 1 fully saturated rings. The summed E-state index contributed by atoms with van der Waals surface area (Å²) in [6, 6.07) is 14.9. The second kappa shape index (κ2) is 14.9. The zero-order chi connectivity index (χ0) is 30.1. The highest BCUT2D eigenvalue weighted by molar-refractivity contribution is 7.11. The molecule has 0 spiro atoms. The molecular weight excluding hydrogens is 556 g/mol. The van der Waals surface area contributed by atoms with E-state index in [1.54, 1.807) is 62.9 Å². The summed E-state index contributed by atoms with van der Waals surface area (Å²) in [7, 11) is 6.29. The highest BCUT2D eigenvalue weighted by Gasteiger charge is 2.28. The first-order chi connectivity index (χ1) is 20.3. The van der Waals surface area contributed by atoms with Crippen molar-refractivity contribution in [3.05, 3.63) is 69.4 Å². The molecule has 1 aliphatic heterocycles. The lowest BCUT2D eigenvalue weighted by Gasteiger charge is -2.29. The van der Waals surface area contributed by atoms with E-state index in [1.807, 2.05) is 30.0 Å². The Bertz CT molecular complexity index is 1330. The van der Waals surface area contributed by atoms with Crippen molar-refractivity contribution in [2.24, 2.45) is 0 Å². The fourth-order valence-electron chi connectivity index (χ4n) is 4.98. The second-order valence-corrected chi connectivity index (χ2v) is 11.6. The van der Waals surface area contributed by atoms with Crippen LogP contribution in [-0.2, 0) is 22.5 Å². The highest BCUT2D eigenvalue weighted by atomic mass is 32.1. The summed E-state index contributed by atoms with van der Waals surface area (Å²) in [5.74, 6) is 1.89. The molecule has 3 aromatic rings. The van der Waals surface area contributed by atoms with Gasteiger partial charge in [0.05, 0.1) is 41.1 Å². The first-order valence-electron chi connectivity index (χ1n) is 14.0. The van der Waals surface area contributed by atoms with Crippen molar-refractivity contribution in [1.82, 2.24) is 9.80 Å². The van der Waals surface area contributed by atoms with Crippen LogP contribution in [0.3, 0.4) is 0 Å². The molecule has 0 N–H and O–H groups in total. The molecular formula is C32H40N2O7S. The third-order valence-electron chi connectivity index (χ3n) is 7.27. The van der Waals surface area contributed by atoms with Crippen molar-refractivity contribution < 1.29 is 33.3 Å². The number of aryl methyl sites for hydroxylation is 1. The molecule has 1 unspecified atom stereocenters. The molecule has 42 heavy (non-hydrogen) atoms. The van der Waals surface area contributed by atoms with Crippen LogP contribution in [0.1, 0.15) is 38.5 Å². The van der Waals surface area contributed by atoms with E-state index in [1.165, 1.54) is 4.88 Å². The molecule has 2 aromatic carbocycles. The lowest BCUT2D eigenvalue weighted by atomic mass is 10.1. The Morgan fingerprint density at radius 1 is 0.905 bits per heavy atom. The molecule has 9 nitrogen and oxygen atoms in total. The Morgan fingerprint density at radius 3 is 2.24 bits per heavy atom. The van der Waals surface area contributed by atoms with E-state index in [-0.39, 0.29) is 24.5 Å². The predicted octanol–water partition coefficient (Wildman–Crippen LogP) is 4.98. The van der Waals surface area contributed by atoms with Crippen LogP contribution in [0.4, 0.5) is 0 Å². The van der Waals surface area contributed by atoms with Gasteiger partial charge in [0, 0.05) is 41.1 Å².